The molecular formula is C18H24BrN5O2. The third-order valence-electron chi connectivity index (χ3n) is 4.69. The lowest BCUT2D eigenvalue weighted by molar-refractivity contribution is 0.0525. The Morgan fingerprint density at radius 3 is 2.81 bits per heavy atom. The van der Waals surface area contributed by atoms with E-state index in [0.29, 0.717) is 18.1 Å². The second-order valence-corrected chi connectivity index (χ2v) is 7.48. The van der Waals surface area contributed by atoms with Crippen LogP contribution in [0.25, 0.3) is 0 Å². The number of carbonyl (C=O) groups is 1. The molecule has 4 N–H and O–H groups in total. The molecular weight excluding hydrogens is 398 g/mol. The molecule has 8 heteroatoms. The van der Waals surface area contributed by atoms with Gasteiger partial charge >= 0.3 is 5.97 Å². The van der Waals surface area contributed by atoms with E-state index < -0.39 is 0 Å². The van der Waals surface area contributed by atoms with Crippen LogP contribution in [-0.4, -0.2) is 30.2 Å². The lowest BCUT2D eigenvalue weighted by atomic mass is 9.89. The third kappa shape index (κ3) is 4.00. The summed E-state index contributed by atoms with van der Waals surface area (Å²) in [5, 5.41) is 6.62. The zero-order chi connectivity index (χ0) is 18.7. The summed E-state index contributed by atoms with van der Waals surface area (Å²) in [6.07, 6.45) is 5.30. The molecule has 0 atom stereocenters. The van der Waals surface area contributed by atoms with Gasteiger partial charge in [-0.3, -0.25) is 0 Å². The number of rotatable bonds is 3. The van der Waals surface area contributed by atoms with E-state index in [-0.39, 0.29) is 17.6 Å². The summed E-state index contributed by atoms with van der Waals surface area (Å²) in [6.45, 7) is 3.99. The summed E-state index contributed by atoms with van der Waals surface area (Å²) in [4.78, 5) is 21.0. The maximum absolute atomic E-state index is 12.2. The summed E-state index contributed by atoms with van der Waals surface area (Å²) in [7, 11) is 0. The van der Waals surface area contributed by atoms with E-state index in [1.54, 1.807) is 13.0 Å². The first kappa shape index (κ1) is 18.7. The Bertz CT molecular complexity index is 769. The van der Waals surface area contributed by atoms with Crippen LogP contribution in [0.2, 0.25) is 0 Å². The van der Waals surface area contributed by atoms with Crippen LogP contribution in [0.1, 0.15) is 54.9 Å². The Morgan fingerprint density at radius 1 is 1.38 bits per heavy atom. The van der Waals surface area contributed by atoms with Gasteiger partial charge < -0.3 is 21.1 Å². The van der Waals surface area contributed by atoms with Crippen LogP contribution >= 0.6 is 15.9 Å². The second-order valence-electron chi connectivity index (χ2n) is 6.62. The number of nitrogens with two attached hydrogens (primary N) is 1. The number of esters is 1. The number of guanidine groups is 2. The van der Waals surface area contributed by atoms with Crippen molar-refractivity contribution in [3.63, 3.8) is 0 Å². The lowest BCUT2D eigenvalue weighted by Gasteiger charge is -2.37. The molecule has 0 aromatic heterocycles. The van der Waals surface area contributed by atoms with Crippen molar-refractivity contribution in [1.82, 2.24) is 5.32 Å². The number of nitrogens with zero attached hydrogens (tertiary/aromatic N) is 2. The maximum Gasteiger partial charge on any atom is 0.338 e. The standard InChI is InChI=1S/C18H24BrN5O2/c1-3-26-15(25)13-9-12(10-14(19)11(13)2)21-17-22-16(20)23-18(24-17)7-5-4-6-8-18/h9-10H,3-8H2,1-2H3,(H4,20,21,22,23,24). The SMILES string of the molecule is CCOC(=O)c1cc(NC2=NC(N)=NC3(CCCCC3)N2)cc(Br)c1C. The molecule has 0 unspecified atom stereocenters. The summed E-state index contributed by atoms with van der Waals surface area (Å²) >= 11 is 3.51. The van der Waals surface area contributed by atoms with Crippen LogP contribution in [0.15, 0.2) is 26.6 Å². The van der Waals surface area contributed by atoms with Crippen molar-refractivity contribution in [1.29, 1.82) is 0 Å². The number of nitrogens with one attached hydrogen (secondary N) is 2. The monoisotopic (exact) mass is 421 g/mol. The Balaban J connectivity index is 1.84. The van der Waals surface area contributed by atoms with Crippen LogP contribution in [0.3, 0.4) is 0 Å². The highest BCUT2D eigenvalue weighted by Crippen LogP contribution is 2.31. The van der Waals surface area contributed by atoms with Crippen LogP contribution in [0.4, 0.5) is 5.69 Å². The van der Waals surface area contributed by atoms with Gasteiger partial charge in [0.1, 0.15) is 5.66 Å². The van der Waals surface area contributed by atoms with Gasteiger partial charge in [0, 0.05) is 10.2 Å². The number of aliphatic imine (C=N–C) groups is 2. The smallest absolute Gasteiger partial charge is 0.338 e. The van der Waals surface area contributed by atoms with Gasteiger partial charge in [0.2, 0.25) is 11.9 Å². The van der Waals surface area contributed by atoms with E-state index >= 15 is 0 Å². The van der Waals surface area contributed by atoms with Crippen molar-refractivity contribution in [3.8, 4) is 0 Å². The summed E-state index contributed by atoms with van der Waals surface area (Å²) < 4.78 is 5.96. The third-order valence-corrected chi connectivity index (χ3v) is 5.51. The normalized spacial score (nSPS) is 18.6. The van der Waals surface area contributed by atoms with Crippen molar-refractivity contribution >= 4 is 39.5 Å². The molecule has 7 nitrogen and oxygen atoms in total. The highest BCUT2D eigenvalue weighted by molar-refractivity contribution is 9.10. The number of benzene rings is 1. The molecule has 1 fully saturated rings. The number of ether oxygens (including phenoxy) is 1. The second kappa shape index (κ2) is 7.65. The molecule has 0 amide bonds. The number of carbonyl (C=O) groups excluding carboxylic acids is 1. The topological polar surface area (TPSA) is 101 Å². The minimum atomic E-state index is -0.377. The van der Waals surface area contributed by atoms with Gasteiger partial charge in [-0.15, -0.1) is 0 Å². The number of anilines is 1. The van der Waals surface area contributed by atoms with Crippen LogP contribution in [0, 0.1) is 6.92 Å². The Hall–Kier alpha value is -2.09. The Labute approximate surface area is 161 Å². The summed E-state index contributed by atoms with van der Waals surface area (Å²) in [5.41, 5.74) is 7.64. The lowest BCUT2D eigenvalue weighted by Crippen LogP contribution is -2.54. The molecule has 1 aliphatic heterocycles. The fourth-order valence-electron chi connectivity index (χ4n) is 3.38. The van der Waals surface area contributed by atoms with Crippen molar-refractivity contribution < 1.29 is 9.53 Å². The van der Waals surface area contributed by atoms with Crippen molar-refractivity contribution in [2.45, 2.75) is 51.6 Å². The average molecular weight is 422 g/mol. The molecule has 1 saturated carbocycles. The van der Waals surface area contributed by atoms with Crippen molar-refractivity contribution in [2.24, 2.45) is 15.7 Å². The first-order valence-electron chi connectivity index (χ1n) is 8.89. The molecule has 1 aliphatic carbocycles. The molecule has 3 rings (SSSR count). The van der Waals surface area contributed by atoms with Crippen molar-refractivity contribution in [3.05, 3.63) is 27.7 Å². The fraction of sp³-hybridized carbons (Fsp3) is 0.500. The van der Waals surface area contributed by atoms with Gasteiger partial charge in [-0.05, 0) is 57.2 Å². The first-order chi connectivity index (χ1) is 12.4. The number of hydrogen-bond acceptors (Lipinski definition) is 7. The highest BCUT2D eigenvalue weighted by Gasteiger charge is 2.35. The maximum atomic E-state index is 12.2. The molecule has 2 aliphatic rings. The molecule has 0 saturated heterocycles. The van der Waals surface area contributed by atoms with Gasteiger partial charge in [-0.2, -0.15) is 4.99 Å². The van der Waals surface area contributed by atoms with E-state index in [1.165, 1.54) is 6.42 Å². The van der Waals surface area contributed by atoms with Crippen LogP contribution < -0.4 is 16.4 Å². The predicted molar refractivity (Wildman–Crippen MR) is 106 cm³/mol. The van der Waals surface area contributed by atoms with Crippen LogP contribution in [-0.2, 0) is 4.74 Å². The molecule has 0 bridgehead atoms. The van der Waals surface area contributed by atoms with Crippen LogP contribution in [0.5, 0.6) is 0 Å². The molecule has 1 spiro atoms. The minimum Gasteiger partial charge on any atom is -0.462 e. The molecule has 26 heavy (non-hydrogen) atoms. The largest absolute Gasteiger partial charge is 0.462 e. The summed E-state index contributed by atoms with van der Waals surface area (Å²) in [6, 6.07) is 3.66. The molecule has 0 radical (unpaired) electrons. The Kier molecular flexibility index (Phi) is 5.50. The molecule has 1 aromatic carbocycles. The van der Waals surface area contributed by atoms with E-state index in [1.807, 2.05) is 13.0 Å². The van der Waals surface area contributed by atoms with Gasteiger partial charge in [-0.1, -0.05) is 22.4 Å². The Morgan fingerprint density at radius 2 is 2.12 bits per heavy atom. The zero-order valence-corrected chi connectivity index (χ0v) is 16.6. The first-order valence-corrected chi connectivity index (χ1v) is 9.68. The number of halogens is 1. The minimum absolute atomic E-state index is 0.268. The zero-order valence-electron chi connectivity index (χ0n) is 15.1. The van der Waals surface area contributed by atoms with Gasteiger partial charge in [-0.25, -0.2) is 9.79 Å². The summed E-state index contributed by atoms with van der Waals surface area (Å²) in [5.74, 6) is 0.465. The van der Waals surface area contributed by atoms with E-state index in [0.717, 1.165) is 41.4 Å². The quantitative estimate of drug-likeness (QED) is 0.649. The van der Waals surface area contributed by atoms with E-state index in [2.05, 4.69) is 36.5 Å². The van der Waals surface area contributed by atoms with E-state index in [9.17, 15) is 4.79 Å². The fourth-order valence-corrected chi connectivity index (χ4v) is 3.84. The molecule has 140 valence electrons. The van der Waals surface area contributed by atoms with Gasteiger partial charge in [0.15, 0.2) is 0 Å². The average Bonchev–Trinajstić information content (AvgIpc) is 2.58. The number of hydrogen-bond donors (Lipinski definition) is 3. The van der Waals surface area contributed by atoms with Crippen molar-refractivity contribution in [2.75, 3.05) is 11.9 Å². The predicted octanol–water partition coefficient (Wildman–Crippen LogP) is 3.28. The highest BCUT2D eigenvalue weighted by atomic mass is 79.9. The van der Waals surface area contributed by atoms with Gasteiger partial charge in [0.05, 0.1) is 12.2 Å². The molecule has 1 heterocycles. The molecule has 1 aromatic rings. The van der Waals surface area contributed by atoms with E-state index in [4.69, 9.17) is 10.5 Å². The van der Waals surface area contributed by atoms with Gasteiger partial charge in [0.25, 0.3) is 0 Å².